The molecule has 1 aliphatic heterocycles. The van der Waals surface area contributed by atoms with Crippen LogP contribution in [0.5, 0.6) is 0 Å². The molecule has 0 radical (unpaired) electrons. The van der Waals surface area contributed by atoms with Gasteiger partial charge in [-0.1, -0.05) is 24.3 Å². The van der Waals surface area contributed by atoms with Crippen molar-refractivity contribution in [1.82, 2.24) is 4.90 Å². The minimum Gasteiger partial charge on any atom is -0.481 e. The number of nitrogens with zero attached hydrogens (tertiary/aromatic N) is 1. The Morgan fingerprint density at radius 1 is 1.38 bits per heavy atom. The molecule has 1 saturated heterocycles. The van der Waals surface area contributed by atoms with Crippen LogP contribution < -0.4 is 0 Å². The maximum atomic E-state index is 12.1. The Morgan fingerprint density at radius 3 is 2.57 bits per heavy atom. The van der Waals surface area contributed by atoms with Gasteiger partial charge in [-0.15, -0.1) is 0 Å². The first-order valence-corrected chi connectivity index (χ1v) is 7.18. The number of carboxylic acids is 1. The molecule has 1 fully saturated rings. The molecular formula is C16H21NO4. The first-order chi connectivity index (χ1) is 10.1. The van der Waals surface area contributed by atoms with Gasteiger partial charge in [-0.25, -0.2) is 0 Å². The number of hydrogen-bond acceptors (Lipinski definition) is 3. The lowest BCUT2D eigenvalue weighted by molar-refractivity contribution is -0.151. The van der Waals surface area contributed by atoms with E-state index < -0.39 is 11.9 Å². The normalized spacial score (nSPS) is 22.4. The molecule has 0 bridgehead atoms. The van der Waals surface area contributed by atoms with Gasteiger partial charge in [0.15, 0.2) is 0 Å². The smallest absolute Gasteiger partial charge is 0.308 e. The lowest BCUT2D eigenvalue weighted by Gasteiger charge is -2.39. The summed E-state index contributed by atoms with van der Waals surface area (Å²) in [5.41, 5.74) is 1.90. The lowest BCUT2D eigenvalue weighted by atomic mass is 9.84. The second-order valence-corrected chi connectivity index (χ2v) is 5.28. The third-order valence-electron chi connectivity index (χ3n) is 4.00. The summed E-state index contributed by atoms with van der Waals surface area (Å²) in [6, 6.07) is 7.26. The van der Waals surface area contributed by atoms with Gasteiger partial charge in [0, 0.05) is 20.1 Å². The fourth-order valence-electron chi connectivity index (χ4n) is 2.97. The first kappa shape index (κ1) is 15.5. The topological polar surface area (TPSA) is 66.8 Å². The molecule has 0 aliphatic carbocycles. The number of carbonyl (C=O) groups is 2. The van der Waals surface area contributed by atoms with E-state index in [0.717, 1.165) is 11.1 Å². The molecule has 2 atom stereocenters. The van der Waals surface area contributed by atoms with Gasteiger partial charge in [0.1, 0.15) is 0 Å². The molecule has 1 aliphatic rings. The molecule has 21 heavy (non-hydrogen) atoms. The van der Waals surface area contributed by atoms with Gasteiger partial charge < -0.3 is 14.7 Å². The van der Waals surface area contributed by atoms with E-state index in [4.69, 9.17) is 4.74 Å². The number of carboxylic acid groups (broad SMARTS) is 1. The second-order valence-electron chi connectivity index (χ2n) is 5.28. The Kier molecular flexibility index (Phi) is 4.96. The number of piperidine rings is 1. The summed E-state index contributed by atoms with van der Waals surface area (Å²) in [5, 5.41) is 9.45. The summed E-state index contributed by atoms with van der Waals surface area (Å²) in [5.74, 6) is -1.36. The number of likely N-dealkylation sites (tertiary alicyclic amines) is 1. The Balaban J connectivity index is 2.33. The van der Waals surface area contributed by atoms with E-state index in [1.807, 2.05) is 31.2 Å². The summed E-state index contributed by atoms with van der Waals surface area (Å²) in [6.45, 7) is 2.92. The second kappa shape index (κ2) is 6.72. The van der Waals surface area contributed by atoms with E-state index in [2.05, 4.69) is 0 Å². The van der Waals surface area contributed by atoms with Crippen LogP contribution in [0.15, 0.2) is 24.3 Å². The number of benzene rings is 1. The van der Waals surface area contributed by atoms with Gasteiger partial charge >= 0.3 is 5.97 Å². The molecule has 114 valence electrons. The quantitative estimate of drug-likeness (QED) is 0.903. The van der Waals surface area contributed by atoms with E-state index in [-0.39, 0.29) is 11.9 Å². The largest absolute Gasteiger partial charge is 0.481 e. The highest BCUT2D eigenvalue weighted by Gasteiger charge is 2.39. The molecule has 1 N–H and O–H groups in total. The molecule has 2 unspecified atom stereocenters. The van der Waals surface area contributed by atoms with Crippen molar-refractivity contribution in [3.63, 3.8) is 0 Å². The van der Waals surface area contributed by atoms with Gasteiger partial charge in [0.05, 0.1) is 18.6 Å². The van der Waals surface area contributed by atoms with Gasteiger partial charge in [0.2, 0.25) is 5.91 Å². The Bertz CT molecular complexity index is 510. The number of carbonyl (C=O) groups excluding carboxylic acids is 1. The molecular weight excluding hydrogens is 270 g/mol. The van der Waals surface area contributed by atoms with Gasteiger partial charge in [0.25, 0.3) is 0 Å². The molecule has 1 heterocycles. The van der Waals surface area contributed by atoms with Crippen molar-refractivity contribution in [2.45, 2.75) is 32.4 Å². The predicted octanol–water partition coefficient (Wildman–Crippen LogP) is 2.22. The fourth-order valence-corrected chi connectivity index (χ4v) is 2.97. The number of hydrogen-bond donors (Lipinski definition) is 1. The van der Waals surface area contributed by atoms with Crippen molar-refractivity contribution in [3.05, 3.63) is 35.4 Å². The maximum absolute atomic E-state index is 12.1. The van der Waals surface area contributed by atoms with Crippen molar-refractivity contribution < 1.29 is 19.4 Å². The third kappa shape index (κ3) is 3.24. The van der Waals surface area contributed by atoms with Crippen LogP contribution in [-0.4, -0.2) is 35.5 Å². The van der Waals surface area contributed by atoms with Crippen molar-refractivity contribution >= 4 is 11.9 Å². The Labute approximate surface area is 124 Å². The molecule has 2 rings (SSSR count). The minimum absolute atomic E-state index is 0.0287. The third-order valence-corrected chi connectivity index (χ3v) is 4.00. The van der Waals surface area contributed by atoms with Crippen LogP contribution in [0.4, 0.5) is 0 Å². The summed E-state index contributed by atoms with van der Waals surface area (Å²) in [6.07, 6.45) is 0.707. The van der Waals surface area contributed by atoms with Crippen LogP contribution in [0.3, 0.4) is 0 Å². The van der Waals surface area contributed by atoms with Gasteiger partial charge in [-0.3, -0.25) is 9.59 Å². The predicted molar refractivity (Wildman–Crippen MR) is 77.6 cm³/mol. The maximum Gasteiger partial charge on any atom is 0.308 e. The average Bonchev–Trinajstić information content (AvgIpc) is 2.47. The van der Waals surface area contributed by atoms with Crippen LogP contribution in [0.1, 0.15) is 36.9 Å². The lowest BCUT2D eigenvalue weighted by Crippen LogP contribution is -2.45. The van der Waals surface area contributed by atoms with Crippen LogP contribution in [0.25, 0.3) is 0 Å². The molecule has 5 heteroatoms. The Morgan fingerprint density at radius 2 is 2.05 bits per heavy atom. The zero-order valence-corrected chi connectivity index (χ0v) is 12.4. The zero-order chi connectivity index (χ0) is 15.4. The van der Waals surface area contributed by atoms with E-state index in [1.165, 1.54) is 0 Å². The first-order valence-electron chi connectivity index (χ1n) is 7.18. The molecule has 0 spiro atoms. The highest BCUT2D eigenvalue weighted by atomic mass is 16.5. The number of methoxy groups -OCH3 is 1. The zero-order valence-electron chi connectivity index (χ0n) is 12.4. The SMILES string of the molecule is CCN1C(=O)CCC(C(=O)O)C1c1ccc(COC)cc1. The minimum atomic E-state index is -0.841. The molecule has 0 saturated carbocycles. The summed E-state index contributed by atoms with van der Waals surface area (Å²) < 4.78 is 5.07. The molecule has 0 aromatic heterocycles. The molecule has 1 aromatic carbocycles. The van der Waals surface area contributed by atoms with Crippen LogP contribution in [0.2, 0.25) is 0 Å². The summed E-state index contributed by atoms with van der Waals surface area (Å²) >= 11 is 0. The number of rotatable bonds is 5. The average molecular weight is 291 g/mol. The molecule has 1 amide bonds. The summed E-state index contributed by atoms with van der Waals surface area (Å²) in [4.78, 5) is 25.3. The molecule has 5 nitrogen and oxygen atoms in total. The van der Waals surface area contributed by atoms with Gasteiger partial charge in [-0.2, -0.15) is 0 Å². The highest BCUT2D eigenvalue weighted by Crippen LogP contribution is 2.36. The van der Waals surface area contributed by atoms with Crippen LogP contribution >= 0.6 is 0 Å². The van der Waals surface area contributed by atoms with E-state index in [1.54, 1.807) is 12.0 Å². The van der Waals surface area contributed by atoms with E-state index in [0.29, 0.717) is 26.0 Å². The number of aliphatic carboxylic acids is 1. The number of amides is 1. The van der Waals surface area contributed by atoms with Crippen LogP contribution in [0, 0.1) is 5.92 Å². The summed E-state index contributed by atoms with van der Waals surface area (Å²) in [7, 11) is 1.63. The van der Waals surface area contributed by atoms with Crippen molar-refractivity contribution in [2.24, 2.45) is 5.92 Å². The monoisotopic (exact) mass is 291 g/mol. The molecule has 1 aromatic rings. The van der Waals surface area contributed by atoms with Crippen molar-refractivity contribution in [2.75, 3.05) is 13.7 Å². The van der Waals surface area contributed by atoms with Crippen molar-refractivity contribution in [1.29, 1.82) is 0 Å². The van der Waals surface area contributed by atoms with Crippen LogP contribution in [-0.2, 0) is 20.9 Å². The number of ether oxygens (including phenoxy) is 1. The standard InChI is InChI=1S/C16H21NO4/c1-3-17-14(18)9-8-13(16(19)20)15(17)12-6-4-11(5-7-12)10-21-2/h4-7,13,15H,3,8-10H2,1-2H3,(H,19,20). The van der Waals surface area contributed by atoms with E-state index in [9.17, 15) is 14.7 Å². The van der Waals surface area contributed by atoms with Gasteiger partial charge in [-0.05, 0) is 24.5 Å². The fraction of sp³-hybridized carbons (Fsp3) is 0.500. The Hall–Kier alpha value is -1.88. The van der Waals surface area contributed by atoms with E-state index >= 15 is 0 Å². The van der Waals surface area contributed by atoms with Crippen molar-refractivity contribution in [3.8, 4) is 0 Å². The highest BCUT2D eigenvalue weighted by molar-refractivity contribution is 5.81.